The van der Waals surface area contributed by atoms with E-state index in [-0.39, 0.29) is 17.5 Å². The van der Waals surface area contributed by atoms with Crippen molar-refractivity contribution in [2.24, 2.45) is 0 Å². The second-order valence-electron chi connectivity index (χ2n) is 5.69. The molecule has 0 radical (unpaired) electrons. The molecule has 0 saturated carbocycles. The van der Waals surface area contributed by atoms with Crippen LogP contribution in [0.3, 0.4) is 0 Å². The van der Waals surface area contributed by atoms with Crippen molar-refractivity contribution in [3.05, 3.63) is 59.6 Å². The number of hydrogen-bond acceptors (Lipinski definition) is 4. The monoisotopic (exact) mass is 326 g/mol. The van der Waals surface area contributed by atoms with Gasteiger partial charge in [-0.3, -0.25) is 4.79 Å². The lowest BCUT2D eigenvalue weighted by atomic mass is 10.1. The van der Waals surface area contributed by atoms with Crippen LogP contribution in [0.5, 0.6) is 0 Å². The van der Waals surface area contributed by atoms with Crippen LogP contribution in [0.25, 0.3) is 11.3 Å². The van der Waals surface area contributed by atoms with Gasteiger partial charge in [0.1, 0.15) is 17.4 Å². The van der Waals surface area contributed by atoms with Crippen LogP contribution in [0.1, 0.15) is 22.2 Å². The molecule has 0 unspecified atom stereocenters. The zero-order valence-corrected chi connectivity index (χ0v) is 13.1. The Morgan fingerprint density at radius 2 is 2.00 bits per heavy atom. The zero-order valence-electron chi connectivity index (χ0n) is 13.1. The lowest BCUT2D eigenvalue weighted by molar-refractivity contribution is 0.0675. The summed E-state index contributed by atoms with van der Waals surface area (Å²) >= 11 is 0. The highest BCUT2D eigenvalue weighted by molar-refractivity contribution is 5.92. The molecule has 1 aliphatic heterocycles. The molecule has 24 heavy (non-hydrogen) atoms. The van der Waals surface area contributed by atoms with E-state index in [1.165, 1.54) is 6.07 Å². The van der Waals surface area contributed by atoms with Gasteiger partial charge in [-0.25, -0.2) is 4.39 Å². The molecule has 0 aliphatic carbocycles. The molecule has 3 heterocycles. The van der Waals surface area contributed by atoms with Crippen LogP contribution in [0.15, 0.2) is 40.8 Å². The minimum atomic E-state index is -0.382. The third-order valence-electron chi connectivity index (χ3n) is 4.18. The van der Waals surface area contributed by atoms with Crippen molar-refractivity contribution in [3.8, 4) is 11.3 Å². The summed E-state index contributed by atoms with van der Waals surface area (Å²) in [7, 11) is 0. The van der Waals surface area contributed by atoms with E-state index in [0.717, 1.165) is 11.6 Å². The summed E-state index contributed by atoms with van der Waals surface area (Å²) in [4.78, 5) is 14.3. The molecule has 3 aromatic rings. The van der Waals surface area contributed by atoms with Gasteiger partial charge in [-0.1, -0.05) is 12.1 Å². The molecule has 0 bridgehead atoms. The van der Waals surface area contributed by atoms with E-state index in [1.54, 1.807) is 35.2 Å². The van der Waals surface area contributed by atoms with E-state index in [1.807, 2.05) is 11.5 Å². The number of hydrogen-bond donors (Lipinski definition) is 0. The largest absolute Gasteiger partial charge is 0.451 e. The Labute approximate surface area is 137 Å². The minimum absolute atomic E-state index is 0.193. The van der Waals surface area contributed by atoms with E-state index in [0.29, 0.717) is 31.0 Å². The number of fused-ring (bicyclic) bond motifs is 1. The van der Waals surface area contributed by atoms with Crippen LogP contribution in [0.2, 0.25) is 0 Å². The molecule has 0 atom stereocenters. The molecular weight excluding hydrogens is 311 g/mol. The quantitative estimate of drug-likeness (QED) is 0.726. The number of nitrogens with zero attached hydrogens (tertiary/aromatic N) is 4. The summed E-state index contributed by atoms with van der Waals surface area (Å²) < 4.78 is 21.4. The summed E-state index contributed by atoms with van der Waals surface area (Å²) in [5, 5.41) is 8.11. The van der Waals surface area contributed by atoms with Gasteiger partial charge in [0.2, 0.25) is 0 Å². The second kappa shape index (κ2) is 5.59. The standard InChI is InChI=1S/C17H15FN4O2/c1-11-19-20-16-10-21(8-9-22(11)16)17(23)15-7-6-14(24-15)12-4-2-3-5-13(12)18/h2-7H,8-10H2,1H3. The van der Waals surface area contributed by atoms with Crippen LogP contribution in [-0.2, 0) is 13.1 Å². The van der Waals surface area contributed by atoms with E-state index in [2.05, 4.69) is 10.2 Å². The van der Waals surface area contributed by atoms with Gasteiger partial charge in [0.25, 0.3) is 5.91 Å². The number of benzene rings is 1. The minimum Gasteiger partial charge on any atom is -0.451 e. The van der Waals surface area contributed by atoms with Crippen molar-refractivity contribution in [2.75, 3.05) is 6.54 Å². The van der Waals surface area contributed by atoms with Crippen LogP contribution in [0, 0.1) is 12.7 Å². The van der Waals surface area contributed by atoms with Gasteiger partial charge in [-0.15, -0.1) is 10.2 Å². The number of furan rings is 1. The van der Waals surface area contributed by atoms with E-state index >= 15 is 0 Å². The lowest BCUT2D eigenvalue weighted by Crippen LogP contribution is -2.38. The Bertz CT molecular complexity index is 915. The number of halogens is 1. The van der Waals surface area contributed by atoms with Gasteiger partial charge in [0.15, 0.2) is 11.6 Å². The number of amides is 1. The highest BCUT2D eigenvalue weighted by atomic mass is 19.1. The van der Waals surface area contributed by atoms with Crippen molar-refractivity contribution in [3.63, 3.8) is 0 Å². The van der Waals surface area contributed by atoms with Crippen molar-refractivity contribution in [2.45, 2.75) is 20.0 Å². The van der Waals surface area contributed by atoms with Gasteiger partial charge in [-0.2, -0.15) is 0 Å². The highest BCUT2D eigenvalue weighted by Crippen LogP contribution is 2.26. The van der Waals surface area contributed by atoms with Crippen molar-refractivity contribution in [1.82, 2.24) is 19.7 Å². The van der Waals surface area contributed by atoms with Crippen LogP contribution in [-0.4, -0.2) is 32.1 Å². The Kier molecular flexibility index (Phi) is 3.41. The third-order valence-corrected chi connectivity index (χ3v) is 4.18. The number of aromatic nitrogens is 3. The topological polar surface area (TPSA) is 64.2 Å². The van der Waals surface area contributed by atoms with Gasteiger partial charge >= 0.3 is 0 Å². The Morgan fingerprint density at radius 3 is 2.83 bits per heavy atom. The molecule has 1 aromatic carbocycles. The Balaban J connectivity index is 1.57. The van der Waals surface area contributed by atoms with Crippen molar-refractivity contribution >= 4 is 5.91 Å². The summed E-state index contributed by atoms with van der Waals surface area (Å²) in [5.74, 6) is 1.52. The Morgan fingerprint density at radius 1 is 1.17 bits per heavy atom. The van der Waals surface area contributed by atoms with Crippen LogP contribution < -0.4 is 0 Å². The second-order valence-corrected chi connectivity index (χ2v) is 5.69. The fourth-order valence-corrected chi connectivity index (χ4v) is 2.89. The van der Waals surface area contributed by atoms with Gasteiger partial charge < -0.3 is 13.9 Å². The molecule has 1 aliphatic rings. The summed E-state index contributed by atoms with van der Waals surface area (Å²) in [5.41, 5.74) is 0.338. The van der Waals surface area contributed by atoms with Gasteiger partial charge in [0.05, 0.1) is 12.1 Å². The molecule has 2 aromatic heterocycles. The molecule has 0 spiro atoms. The lowest BCUT2D eigenvalue weighted by Gasteiger charge is -2.26. The fourth-order valence-electron chi connectivity index (χ4n) is 2.89. The number of carbonyl (C=O) groups is 1. The van der Waals surface area contributed by atoms with Crippen molar-refractivity contribution in [1.29, 1.82) is 0 Å². The molecule has 1 amide bonds. The average Bonchev–Trinajstić information content (AvgIpc) is 3.22. The smallest absolute Gasteiger partial charge is 0.290 e. The fraction of sp³-hybridized carbons (Fsp3) is 0.235. The molecule has 0 N–H and O–H groups in total. The maximum Gasteiger partial charge on any atom is 0.290 e. The number of aryl methyl sites for hydroxylation is 1. The maximum atomic E-state index is 13.8. The first-order chi connectivity index (χ1) is 11.6. The zero-order chi connectivity index (χ0) is 16.7. The first-order valence-electron chi connectivity index (χ1n) is 7.66. The van der Waals surface area contributed by atoms with E-state index < -0.39 is 0 Å². The van der Waals surface area contributed by atoms with E-state index in [4.69, 9.17) is 4.42 Å². The van der Waals surface area contributed by atoms with Crippen LogP contribution in [0.4, 0.5) is 4.39 Å². The third kappa shape index (κ3) is 2.38. The van der Waals surface area contributed by atoms with E-state index in [9.17, 15) is 9.18 Å². The predicted octanol–water partition coefficient (Wildman–Crippen LogP) is 2.64. The van der Waals surface area contributed by atoms with Gasteiger partial charge in [-0.05, 0) is 31.2 Å². The molecular formula is C17H15FN4O2. The first-order valence-corrected chi connectivity index (χ1v) is 7.66. The summed E-state index contributed by atoms with van der Waals surface area (Å²) in [6, 6.07) is 9.51. The molecule has 0 saturated heterocycles. The normalized spacial score (nSPS) is 13.8. The van der Waals surface area contributed by atoms with Crippen LogP contribution >= 0.6 is 0 Å². The molecule has 6 nitrogen and oxygen atoms in total. The summed E-state index contributed by atoms with van der Waals surface area (Å²) in [6.07, 6.45) is 0. The SMILES string of the molecule is Cc1nnc2n1CCN(C(=O)c1ccc(-c3ccccc3F)o1)C2. The van der Waals surface area contributed by atoms with Crippen molar-refractivity contribution < 1.29 is 13.6 Å². The molecule has 4 rings (SSSR count). The predicted molar refractivity (Wildman–Crippen MR) is 83.6 cm³/mol. The molecule has 122 valence electrons. The Hall–Kier alpha value is -2.96. The number of carbonyl (C=O) groups excluding carboxylic acids is 1. The molecule has 0 fully saturated rings. The highest BCUT2D eigenvalue weighted by Gasteiger charge is 2.26. The molecule has 7 heteroatoms. The maximum absolute atomic E-state index is 13.8. The average molecular weight is 326 g/mol. The number of rotatable bonds is 2. The summed E-state index contributed by atoms with van der Waals surface area (Å²) in [6.45, 7) is 3.48. The first kappa shape index (κ1) is 14.6. The van der Waals surface area contributed by atoms with Gasteiger partial charge in [0, 0.05) is 13.1 Å².